The second-order valence-electron chi connectivity index (χ2n) is 5.06. The smallest absolute Gasteiger partial charge is 0.335 e. The Hall–Kier alpha value is -1.41. The average molecular weight is 376 g/mol. The third-order valence-electron chi connectivity index (χ3n) is 3.23. The third kappa shape index (κ3) is 4.53. The summed E-state index contributed by atoms with van der Waals surface area (Å²) in [5.41, 5.74) is 0.427. The van der Waals surface area contributed by atoms with Crippen molar-refractivity contribution >= 4 is 43.3 Å². The number of anilines is 1. The van der Waals surface area contributed by atoms with Crippen LogP contribution in [0.5, 0.6) is 0 Å². The van der Waals surface area contributed by atoms with E-state index in [4.69, 9.17) is 5.11 Å². The maximum atomic E-state index is 11.9. The lowest BCUT2D eigenvalue weighted by Crippen LogP contribution is -2.17. The number of aromatic carboxylic acids is 1. The zero-order valence-corrected chi connectivity index (χ0v) is 13.4. The van der Waals surface area contributed by atoms with Crippen molar-refractivity contribution in [2.45, 2.75) is 12.8 Å². The minimum absolute atomic E-state index is 0.0410. The Balaban J connectivity index is 2.01. The van der Waals surface area contributed by atoms with E-state index in [2.05, 4.69) is 21.2 Å². The summed E-state index contributed by atoms with van der Waals surface area (Å²) < 4.78 is 23.2. The molecule has 8 heteroatoms. The largest absolute Gasteiger partial charge is 0.478 e. The van der Waals surface area contributed by atoms with Crippen LogP contribution in [0.2, 0.25) is 0 Å². The Labute approximate surface area is 130 Å². The molecule has 1 atom stereocenters. The summed E-state index contributed by atoms with van der Waals surface area (Å²) in [7, 11) is -3.00. The monoisotopic (exact) mass is 375 g/mol. The Bertz CT molecular complexity index is 686. The molecule has 1 heterocycles. The Morgan fingerprint density at radius 1 is 1.33 bits per heavy atom. The summed E-state index contributed by atoms with van der Waals surface area (Å²) in [5.74, 6) is -1.40. The van der Waals surface area contributed by atoms with Gasteiger partial charge in [-0.2, -0.15) is 0 Å². The zero-order chi connectivity index (χ0) is 15.6. The number of hydrogen-bond donors (Lipinski definition) is 2. The highest BCUT2D eigenvalue weighted by molar-refractivity contribution is 9.10. The van der Waals surface area contributed by atoms with Crippen molar-refractivity contribution in [3.63, 3.8) is 0 Å². The van der Waals surface area contributed by atoms with Gasteiger partial charge in [-0.3, -0.25) is 4.79 Å². The average Bonchev–Trinajstić information content (AvgIpc) is 2.67. The highest BCUT2D eigenvalue weighted by Crippen LogP contribution is 2.23. The molecule has 0 aromatic heterocycles. The Morgan fingerprint density at radius 2 is 2.05 bits per heavy atom. The fourth-order valence-electron chi connectivity index (χ4n) is 2.29. The van der Waals surface area contributed by atoms with Gasteiger partial charge in [0.25, 0.3) is 0 Å². The summed E-state index contributed by atoms with van der Waals surface area (Å²) >= 11 is 3.18. The van der Waals surface area contributed by atoms with Crippen molar-refractivity contribution in [2.75, 3.05) is 16.8 Å². The van der Waals surface area contributed by atoms with Gasteiger partial charge in [0.1, 0.15) is 0 Å². The van der Waals surface area contributed by atoms with Crippen LogP contribution in [0.3, 0.4) is 0 Å². The van der Waals surface area contributed by atoms with Gasteiger partial charge in [-0.1, -0.05) is 15.9 Å². The number of carbonyl (C=O) groups excluding carboxylic acids is 1. The van der Waals surface area contributed by atoms with Crippen LogP contribution in [-0.4, -0.2) is 36.9 Å². The first kappa shape index (κ1) is 16.0. The number of sulfone groups is 1. The standard InChI is InChI=1S/C13H14BrNO5S/c14-10-4-9(13(17)18)5-11(6-10)15-12(16)3-8-1-2-21(19,20)7-8/h4-6,8H,1-3,7H2,(H,15,16)(H,17,18). The van der Waals surface area contributed by atoms with Crippen molar-refractivity contribution in [3.8, 4) is 0 Å². The quantitative estimate of drug-likeness (QED) is 0.836. The van der Waals surface area contributed by atoms with E-state index >= 15 is 0 Å². The van der Waals surface area contributed by atoms with E-state index < -0.39 is 15.8 Å². The second kappa shape index (κ2) is 6.15. The molecule has 2 N–H and O–H groups in total. The number of rotatable bonds is 4. The van der Waals surface area contributed by atoms with E-state index in [1.165, 1.54) is 12.1 Å². The fraction of sp³-hybridized carbons (Fsp3) is 0.385. The predicted molar refractivity (Wildman–Crippen MR) is 81.1 cm³/mol. The van der Waals surface area contributed by atoms with E-state index in [1.54, 1.807) is 6.07 Å². The van der Waals surface area contributed by atoms with Crippen molar-refractivity contribution in [3.05, 3.63) is 28.2 Å². The van der Waals surface area contributed by atoms with Gasteiger partial charge in [0.2, 0.25) is 5.91 Å². The van der Waals surface area contributed by atoms with Crippen LogP contribution in [0.4, 0.5) is 5.69 Å². The molecule has 1 amide bonds. The van der Waals surface area contributed by atoms with Crippen LogP contribution >= 0.6 is 15.9 Å². The summed E-state index contributed by atoms with van der Waals surface area (Å²) in [6.07, 6.45) is 0.614. The van der Waals surface area contributed by atoms with Crippen LogP contribution in [-0.2, 0) is 14.6 Å². The van der Waals surface area contributed by atoms with Crippen LogP contribution in [0.15, 0.2) is 22.7 Å². The van der Waals surface area contributed by atoms with E-state index in [0.29, 0.717) is 16.6 Å². The van der Waals surface area contributed by atoms with Gasteiger partial charge >= 0.3 is 5.97 Å². The molecule has 1 unspecified atom stereocenters. The van der Waals surface area contributed by atoms with Gasteiger partial charge < -0.3 is 10.4 Å². The number of nitrogens with one attached hydrogen (secondary N) is 1. The van der Waals surface area contributed by atoms with Gasteiger partial charge in [0, 0.05) is 16.6 Å². The summed E-state index contributed by atoms with van der Waals surface area (Å²) in [6, 6.07) is 4.38. The fourth-order valence-corrected chi connectivity index (χ4v) is 4.65. The number of carboxylic acids is 1. The lowest BCUT2D eigenvalue weighted by Gasteiger charge is -2.10. The van der Waals surface area contributed by atoms with Crippen molar-refractivity contribution < 1.29 is 23.1 Å². The van der Waals surface area contributed by atoms with Gasteiger partial charge in [0.15, 0.2) is 9.84 Å². The van der Waals surface area contributed by atoms with Crippen molar-refractivity contribution in [1.29, 1.82) is 0 Å². The molecule has 1 aromatic rings. The minimum Gasteiger partial charge on any atom is -0.478 e. The maximum Gasteiger partial charge on any atom is 0.335 e. The Kier molecular flexibility index (Phi) is 4.67. The first-order chi connectivity index (χ1) is 9.75. The molecule has 0 radical (unpaired) electrons. The number of carbonyl (C=O) groups is 2. The molecule has 0 aliphatic carbocycles. The lowest BCUT2D eigenvalue weighted by molar-refractivity contribution is -0.116. The number of halogens is 1. The molecule has 1 aliphatic rings. The third-order valence-corrected chi connectivity index (χ3v) is 5.52. The Morgan fingerprint density at radius 3 is 2.62 bits per heavy atom. The van der Waals surface area contributed by atoms with Crippen molar-refractivity contribution in [1.82, 2.24) is 0 Å². The molecular formula is C13H14BrNO5S. The molecule has 6 nitrogen and oxygen atoms in total. The molecular weight excluding hydrogens is 362 g/mol. The molecule has 1 aromatic carbocycles. The molecule has 0 bridgehead atoms. The normalized spacial score (nSPS) is 20.1. The van der Waals surface area contributed by atoms with Gasteiger partial charge in [-0.05, 0) is 30.5 Å². The summed E-state index contributed by atoms with van der Waals surface area (Å²) in [5, 5.41) is 11.6. The first-order valence-corrected chi connectivity index (χ1v) is 8.91. The molecule has 0 saturated carbocycles. The van der Waals surface area contributed by atoms with Crippen LogP contribution in [0.1, 0.15) is 23.2 Å². The highest BCUT2D eigenvalue weighted by Gasteiger charge is 2.29. The minimum atomic E-state index is -3.00. The van der Waals surface area contributed by atoms with Gasteiger partial charge in [-0.15, -0.1) is 0 Å². The first-order valence-electron chi connectivity index (χ1n) is 6.29. The highest BCUT2D eigenvalue weighted by atomic mass is 79.9. The van der Waals surface area contributed by atoms with E-state index in [9.17, 15) is 18.0 Å². The molecule has 0 spiro atoms. The van der Waals surface area contributed by atoms with Gasteiger partial charge in [-0.25, -0.2) is 13.2 Å². The molecule has 1 saturated heterocycles. The van der Waals surface area contributed by atoms with Crippen LogP contribution < -0.4 is 5.32 Å². The summed E-state index contributed by atoms with van der Waals surface area (Å²) in [4.78, 5) is 22.8. The lowest BCUT2D eigenvalue weighted by atomic mass is 10.0. The summed E-state index contributed by atoms with van der Waals surface area (Å²) in [6.45, 7) is 0. The number of carboxylic acid groups (broad SMARTS) is 1. The topological polar surface area (TPSA) is 101 Å². The predicted octanol–water partition coefficient (Wildman–Crippen LogP) is 1.91. The van der Waals surface area contributed by atoms with Crippen molar-refractivity contribution in [2.24, 2.45) is 5.92 Å². The molecule has 2 rings (SSSR count). The van der Waals surface area contributed by atoms with E-state index in [1.807, 2.05) is 0 Å². The maximum absolute atomic E-state index is 11.9. The van der Waals surface area contributed by atoms with Crippen LogP contribution in [0, 0.1) is 5.92 Å². The molecule has 1 aliphatic heterocycles. The van der Waals surface area contributed by atoms with Crippen LogP contribution in [0.25, 0.3) is 0 Å². The molecule has 21 heavy (non-hydrogen) atoms. The number of benzene rings is 1. The SMILES string of the molecule is O=C(CC1CCS(=O)(=O)C1)Nc1cc(Br)cc(C(=O)O)c1. The molecule has 1 fully saturated rings. The zero-order valence-electron chi connectivity index (χ0n) is 11.0. The second-order valence-corrected chi connectivity index (χ2v) is 8.20. The number of amides is 1. The molecule has 114 valence electrons. The van der Waals surface area contributed by atoms with E-state index in [0.717, 1.165) is 0 Å². The number of hydrogen-bond acceptors (Lipinski definition) is 4. The van der Waals surface area contributed by atoms with Gasteiger partial charge in [0.05, 0.1) is 17.1 Å². The van der Waals surface area contributed by atoms with E-state index in [-0.39, 0.29) is 35.3 Å².